The normalized spacial score (nSPS) is 10.6. The van der Waals surface area contributed by atoms with Crippen LogP contribution in [0.15, 0.2) is 40.9 Å². The summed E-state index contributed by atoms with van der Waals surface area (Å²) in [7, 11) is 0. The van der Waals surface area contributed by atoms with Gasteiger partial charge in [-0.2, -0.15) is 4.98 Å². The molecule has 0 bridgehead atoms. The summed E-state index contributed by atoms with van der Waals surface area (Å²) < 4.78 is 11.0. The van der Waals surface area contributed by atoms with E-state index < -0.39 is 0 Å². The molecule has 0 unspecified atom stereocenters. The Labute approximate surface area is 149 Å². The van der Waals surface area contributed by atoms with Gasteiger partial charge < -0.3 is 14.6 Å². The lowest BCUT2D eigenvalue weighted by molar-refractivity contribution is -0.120. The molecule has 7 heteroatoms. The van der Waals surface area contributed by atoms with Crippen molar-refractivity contribution in [1.82, 2.24) is 15.5 Å². The van der Waals surface area contributed by atoms with Crippen LogP contribution in [-0.4, -0.2) is 22.7 Å². The fraction of sp³-hybridized carbons (Fsp3) is 0.278. The number of hydrogen-bond acceptors (Lipinski definition) is 6. The van der Waals surface area contributed by atoms with Gasteiger partial charge in [-0.3, -0.25) is 4.79 Å². The number of aromatic nitrogens is 2. The maximum Gasteiger partial charge on any atom is 0.262 e. The zero-order valence-corrected chi connectivity index (χ0v) is 14.9. The summed E-state index contributed by atoms with van der Waals surface area (Å²) in [6.07, 6.45) is 0.478. The van der Waals surface area contributed by atoms with Crippen molar-refractivity contribution in [3.05, 3.63) is 41.3 Å². The second kappa shape index (κ2) is 7.94. The summed E-state index contributed by atoms with van der Waals surface area (Å²) in [5.41, 5.74) is 0.773. The minimum absolute atomic E-state index is 0.0318. The Morgan fingerprint density at radius 2 is 2.08 bits per heavy atom. The first-order chi connectivity index (χ1) is 12.2. The number of carbonyl (C=O) groups is 1. The Kier molecular flexibility index (Phi) is 5.45. The molecule has 6 nitrogen and oxygen atoms in total. The second-order valence-electron chi connectivity index (χ2n) is 5.25. The first-order valence-corrected chi connectivity index (χ1v) is 8.94. The maximum absolute atomic E-state index is 11.3. The standard InChI is InChI=1S/C18H19N3O3S/c1-3-16(22)19-11-12-9-10-15(25-12)17-20-18(24-21-17)13-7-5-6-8-14(13)23-4-2/h5-10H,3-4,11H2,1-2H3,(H,19,22). The van der Waals surface area contributed by atoms with E-state index in [4.69, 9.17) is 9.26 Å². The number of hydrogen-bond donors (Lipinski definition) is 1. The van der Waals surface area contributed by atoms with Gasteiger partial charge in [0, 0.05) is 11.3 Å². The zero-order valence-electron chi connectivity index (χ0n) is 14.1. The smallest absolute Gasteiger partial charge is 0.262 e. The molecule has 3 aromatic rings. The fourth-order valence-corrected chi connectivity index (χ4v) is 3.13. The van der Waals surface area contributed by atoms with Crippen molar-refractivity contribution in [1.29, 1.82) is 0 Å². The average Bonchev–Trinajstić information content (AvgIpc) is 3.29. The van der Waals surface area contributed by atoms with Crippen molar-refractivity contribution < 1.29 is 14.1 Å². The summed E-state index contributed by atoms with van der Waals surface area (Å²) >= 11 is 1.53. The molecule has 2 aromatic heterocycles. The first kappa shape index (κ1) is 17.2. The van der Waals surface area contributed by atoms with Gasteiger partial charge in [-0.05, 0) is 31.2 Å². The number of benzene rings is 1. The Morgan fingerprint density at radius 1 is 1.24 bits per heavy atom. The lowest BCUT2D eigenvalue weighted by Crippen LogP contribution is -2.20. The monoisotopic (exact) mass is 357 g/mol. The van der Waals surface area contributed by atoms with Crippen LogP contribution in [0.3, 0.4) is 0 Å². The molecule has 2 heterocycles. The Balaban J connectivity index is 1.78. The van der Waals surface area contributed by atoms with Gasteiger partial charge in [-0.15, -0.1) is 11.3 Å². The molecule has 25 heavy (non-hydrogen) atoms. The Bertz CT molecular complexity index is 857. The molecular formula is C18H19N3O3S. The third kappa shape index (κ3) is 4.06. The molecule has 1 amide bonds. The van der Waals surface area contributed by atoms with Crippen LogP contribution in [0.4, 0.5) is 0 Å². The van der Waals surface area contributed by atoms with Gasteiger partial charge in [0.1, 0.15) is 5.75 Å². The first-order valence-electron chi connectivity index (χ1n) is 8.13. The van der Waals surface area contributed by atoms with Crippen molar-refractivity contribution >= 4 is 17.2 Å². The van der Waals surface area contributed by atoms with Crippen molar-refractivity contribution in [3.63, 3.8) is 0 Å². The van der Waals surface area contributed by atoms with Crippen LogP contribution < -0.4 is 10.1 Å². The van der Waals surface area contributed by atoms with E-state index in [9.17, 15) is 4.79 Å². The maximum atomic E-state index is 11.3. The lowest BCUT2D eigenvalue weighted by Gasteiger charge is -2.05. The predicted molar refractivity (Wildman–Crippen MR) is 96.4 cm³/mol. The molecule has 0 spiro atoms. The predicted octanol–water partition coefficient (Wildman–Crippen LogP) is 3.89. The van der Waals surface area contributed by atoms with Crippen LogP contribution in [0.5, 0.6) is 5.75 Å². The molecule has 0 fully saturated rings. The molecule has 0 saturated carbocycles. The number of ether oxygens (including phenoxy) is 1. The molecule has 1 aromatic carbocycles. The highest BCUT2D eigenvalue weighted by Crippen LogP contribution is 2.32. The molecule has 130 valence electrons. The number of para-hydroxylation sites is 1. The van der Waals surface area contributed by atoms with Crippen LogP contribution in [-0.2, 0) is 11.3 Å². The van der Waals surface area contributed by atoms with Crippen LogP contribution in [0.1, 0.15) is 25.1 Å². The number of nitrogens with one attached hydrogen (secondary N) is 1. The topological polar surface area (TPSA) is 77.2 Å². The largest absolute Gasteiger partial charge is 0.493 e. The third-order valence-electron chi connectivity index (χ3n) is 3.51. The number of rotatable bonds is 7. The third-order valence-corrected chi connectivity index (χ3v) is 4.59. The number of thiophene rings is 1. The van der Waals surface area contributed by atoms with Crippen LogP contribution >= 0.6 is 11.3 Å². The zero-order chi connectivity index (χ0) is 17.6. The Morgan fingerprint density at radius 3 is 2.88 bits per heavy atom. The summed E-state index contributed by atoms with van der Waals surface area (Å²) in [5, 5.41) is 6.93. The minimum Gasteiger partial charge on any atom is -0.493 e. The van der Waals surface area contributed by atoms with E-state index in [1.807, 2.05) is 50.2 Å². The van der Waals surface area contributed by atoms with E-state index in [1.54, 1.807) is 0 Å². The second-order valence-corrected chi connectivity index (χ2v) is 6.42. The summed E-state index contributed by atoms with van der Waals surface area (Å²) in [6.45, 7) is 4.83. The SMILES string of the molecule is CCOc1ccccc1-c1nc(-c2ccc(CNC(=O)CC)s2)no1. The molecule has 3 rings (SSSR count). The van der Waals surface area contributed by atoms with Gasteiger partial charge in [-0.1, -0.05) is 24.2 Å². The van der Waals surface area contributed by atoms with E-state index >= 15 is 0 Å². The molecule has 0 saturated heterocycles. The number of carbonyl (C=O) groups excluding carboxylic acids is 1. The highest BCUT2D eigenvalue weighted by molar-refractivity contribution is 7.15. The Hall–Kier alpha value is -2.67. The molecule has 0 aliphatic heterocycles. The molecule has 0 atom stereocenters. The minimum atomic E-state index is 0.0318. The summed E-state index contributed by atoms with van der Waals surface area (Å²) in [5.74, 6) is 1.70. The van der Waals surface area contributed by atoms with Crippen molar-refractivity contribution in [2.75, 3.05) is 6.61 Å². The van der Waals surface area contributed by atoms with Crippen LogP contribution in [0, 0.1) is 0 Å². The summed E-state index contributed by atoms with van der Waals surface area (Å²) in [6, 6.07) is 11.5. The number of nitrogens with zero attached hydrogens (tertiary/aromatic N) is 2. The highest BCUT2D eigenvalue weighted by Gasteiger charge is 2.16. The molecule has 0 radical (unpaired) electrons. The lowest BCUT2D eigenvalue weighted by atomic mass is 10.2. The van der Waals surface area contributed by atoms with Crippen molar-refractivity contribution in [3.8, 4) is 27.9 Å². The molecule has 0 aliphatic rings. The van der Waals surface area contributed by atoms with Gasteiger partial charge in [0.2, 0.25) is 11.7 Å². The highest BCUT2D eigenvalue weighted by atomic mass is 32.1. The number of amides is 1. The van der Waals surface area contributed by atoms with E-state index in [-0.39, 0.29) is 5.91 Å². The molecule has 1 N–H and O–H groups in total. The van der Waals surface area contributed by atoms with Crippen LogP contribution in [0.2, 0.25) is 0 Å². The van der Waals surface area contributed by atoms with Gasteiger partial charge >= 0.3 is 0 Å². The summed E-state index contributed by atoms with van der Waals surface area (Å²) in [4.78, 5) is 17.8. The van der Waals surface area contributed by atoms with Crippen molar-refractivity contribution in [2.45, 2.75) is 26.8 Å². The molecule has 0 aliphatic carbocycles. The van der Waals surface area contributed by atoms with Gasteiger partial charge in [-0.25, -0.2) is 0 Å². The van der Waals surface area contributed by atoms with Crippen LogP contribution in [0.25, 0.3) is 22.2 Å². The molecular weight excluding hydrogens is 338 g/mol. The average molecular weight is 357 g/mol. The quantitative estimate of drug-likeness (QED) is 0.694. The van der Waals surface area contributed by atoms with Gasteiger partial charge in [0.25, 0.3) is 5.89 Å². The van der Waals surface area contributed by atoms with E-state index in [0.29, 0.717) is 37.0 Å². The van der Waals surface area contributed by atoms with Gasteiger partial charge in [0.15, 0.2) is 0 Å². The van der Waals surface area contributed by atoms with E-state index in [2.05, 4.69) is 15.5 Å². The van der Waals surface area contributed by atoms with E-state index in [0.717, 1.165) is 15.3 Å². The van der Waals surface area contributed by atoms with E-state index in [1.165, 1.54) is 11.3 Å². The fourth-order valence-electron chi connectivity index (χ4n) is 2.26. The van der Waals surface area contributed by atoms with Crippen molar-refractivity contribution in [2.24, 2.45) is 0 Å². The van der Waals surface area contributed by atoms with Gasteiger partial charge in [0.05, 0.1) is 23.6 Å².